The van der Waals surface area contributed by atoms with Crippen molar-refractivity contribution in [2.75, 3.05) is 0 Å². The molecule has 3 aromatic carbocycles. The van der Waals surface area contributed by atoms with Crippen molar-refractivity contribution in [3.05, 3.63) is 72.3 Å². The van der Waals surface area contributed by atoms with E-state index in [0.717, 1.165) is 6.42 Å². The SMILES string of the molecule is CCc1ccc(-c2ccc3c(c2)sc2ccccc23)cc1. The quantitative estimate of drug-likeness (QED) is 0.407. The predicted molar refractivity (Wildman–Crippen MR) is 94.1 cm³/mol. The average molecular weight is 288 g/mol. The maximum atomic E-state index is 2.32. The monoisotopic (exact) mass is 288 g/mol. The van der Waals surface area contributed by atoms with Crippen LogP contribution in [0.4, 0.5) is 0 Å². The van der Waals surface area contributed by atoms with Crippen LogP contribution in [0.3, 0.4) is 0 Å². The molecule has 0 radical (unpaired) electrons. The Morgan fingerprint density at radius 3 is 2.24 bits per heavy atom. The van der Waals surface area contributed by atoms with Crippen LogP contribution in [0.15, 0.2) is 66.7 Å². The Kier molecular flexibility index (Phi) is 3.01. The number of aryl methyl sites for hydroxylation is 1. The molecular formula is C20H16S. The van der Waals surface area contributed by atoms with E-state index in [9.17, 15) is 0 Å². The lowest BCUT2D eigenvalue weighted by atomic mass is 10.0. The van der Waals surface area contributed by atoms with Gasteiger partial charge in [-0.05, 0) is 35.2 Å². The van der Waals surface area contributed by atoms with Gasteiger partial charge in [0.2, 0.25) is 0 Å². The summed E-state index contributed by atoms with van der Waals surface area (Å²) in [5, 5.41) is 2.73. The molecule has 0 aliphatic carbocycles. The number of fused-ring (bicyclic) bond motifs is 3. The highest BCUT2D eigenvalue weighted by molar-refractivity contribution is 7.25. The first-order valence-corrected chi connectivity index (χ1v) is 8.17. The molecule has 0 bridgehead atoms. The number of benzene rings is 3. The zero-order chi connectivity index (χ0) is 14.2. The molecule has 0 aliphatic rings. The molecule has 4 rings (SSSR count). The van der Waals surface area contributed by atoms with Crippen LogP contribution in [0.5, 0.6) is 0 Å². The lowest BCUT2D eigenvalue weighted by Gasteiger charge is -2.03. The van der Waals surface area contributed by atoms with Gasteiger partial charge in [0, 0.05) is 20.2 Å². The molecule has 21 heavy (non-hydrogen) atoms. The van der Waals surface area contributed by atoms with Gasteiger partial charge in [-0.1, -0.05) is 61.5 Å². The molecule has 0 nitrogen and oxygen atoms in total. The maximum Gasteiger partial charge on any atom is 0.0361 e. The molecule has 0 amide bonds. The summed E-state index contributed by atoms with van der Waals surface area (Å²) in [6.45, 7) is 2.19. The third kappa shape index (κ3) is 2.14. The Morgan fingerprint density at radius 1 is 0.714 bits per heavy atom. The first-order chi connectivity index (χ1) is 10.3. The molecule has 0 saturated heterocycles. The number of thiophene rings is 1. The van der Waals surface area contributed by atoms with Gasteiger partial charge in [0.25, 0.3) is 0 Å². The van der Waals surface area contributed by atoms with Gasteiger partial charge < -0.3 is 0 Å². The van der Waals surface area contributed by atoms with Gasteiger partial charge in [0.1, 0.15) is 0 Å². The Hall–Kier alpha value is -2.12. The van der Waals surface area contributed by atoms with E-state index < -0.39 is 0 Å². The molecule has 1 heteroatoms. The second kappa shape index (κ2) is 5.01. The molecule has 0 unspecified atom stereocenters. The normalized spacial score (nSPS) is 11.3. The van der Waals surface area contributed by atoms with Gasteiger partial charge in [-0.3, -0.25) is 0 Å². The second-order valence-electron chi connectivity index (χ2n) is 5.36. The van der Waals surface area contributed by atoms with Crippen molar-refractivity contribution < 1.29 is 0 Å². The number of hydrogen-bond donors (Lipinski definition) is 0. The van der Waals surface area contributed by atoms with E-state index in [0.29, 0.717) is 0 Å². The molecule has 1 aromatic heterocycles. The van der Waals surface area contributed by atoms with Gasteiger partial charge in [0.05, 0.1) is 0 Å². The van der Waals surface area contributed by atoms with Crippen molar-refractivity contribution >= 4 is 31.5 Å². The minimum atomic E-state index is 1.09. The van der Waals surface area contributed by atoms with E-state index in [1.807, 2.05) is 11.3 Å². The maximum absolute atomic E-state index is 2.32. The predicted octanol–water partition coefficient (Wildman–Crippen LogP) is 6.28. The van der Waals surface area contributed by atoms with Crippen LogP contribution in [0.1, 0.15) is 12.5 Å². The molecule has 0 saturated carbocycles. The fourth-order valence-electron chi connectivity index (χ4n) is 2.84. The third-order valence-corrected chi connectivity index (χ3v) is 5.21. The van der Waals surface area contributed by atoms with Crippen LogP contribution < -0.4 is 0 Å². The highest BCUT2D eigenvalue weighted by Gasteiger charge is 2.06. The summed E-state index contributed by atoms with van der Waals surface area (Å²) < 4.78 is 2.74. The number of rotatable bonds is 2. The summed E-state index contributed by atoms with van der Waals surface area (Å²) in [5.74, 6) is 0. The largest absolute Gasteiger partial charge is 0.135 e. The molecule has 0 atom stereocenters. The Labute approximate surface area is 128 Å². The standard InChI is InChI=1S/C20H16S/c1-2-14-7-9-15(10-8-14)16-11-12-18-17-5-3-4-6-19(17)21-20(18)13-16/h3-13H,2H2,1H3. The minimum Gasteiger partial charge on any atom is -0.135 e. The van der Waals surface area contributed by atoms with Gasteiger partial charge >= 0.3 is 0 Å². The Bertz CT molecular complexity index is 914. The minimum absolute atomic E-state index is 1.09. The fraction of sp³-hybridized carbons (Fsp3) is 0.100. The zero-order valence-electron chi connectivity index (χ0n) is 12.0. The Morgan fingerprint density at radius 2 is 1.43 bits per heavy atom. The molecule has 0 fully saturated rings. The lowest BCUT2D eigenvalue weighted by molar-refractivity contribution is 1.14. The summed E-state index contributed by atoms with van der Waals surface area (Å²) in [7, 11) is 0. The highest BCUT2D eigenvalue weighted by atomic mass is 32.1. The van der Waals surface area contributed by atoms with Gasteiger partial charge in [-0.2, -0.15) is 0 Å². The zero-order valence-corrected chi connectivity index (χ0v) is 12.8. The molecule has 0 N–H and O–H groups in total. The summed E-state index contributed by atoms with van der Waals surface area (Å²) in [5.41, 5.74) is 3.99. The van der Waals surface area contributed by atoms with Crippen LogP contribution in [0.2, 0.25) is 0 Å². The van der Waals surface area contributed by atoms with Crippen LogP contribution in [-0.4, -0.2) is 0 Å². The first-order valence-electron chi connectivity index (χ1n) is 7.36. The van der Waals surface area contributed by atoms with E-state index in [1.165, 1.54) is 36.9 Å². The Balaban J connectivity index is 1.87. The second-order valence-corrected chi connectivity index (χ2v) is 6.44. The van der Waals surface area contributed by atoms with Crippen LogP contribution >= 0.6 is 11.3 Å². The number of hydrogen-bond acceptors (Lipinski definition) is 1. The molecular weight excluding hydrogens is 272 g/mol. The van der Waals surface area contributed by atoms with Crippen LogP contribution in [0, 0.1) is 0 Å². The highest BCUT2D eigenvalue weighted by Crippen LogP contribution is 2.36. The lowest BCUT2D eigenvalue weighted by Crippen LogP contribution is -1.81. The van der Waals surface area contributed by atoms with Crippen LogP contribution in [0.25, 0.3) is 31.3 Å². The topological polar surface area (TPSA) is 0 Å². The summed E-state index contributed by atoms with van der Waals surface area (Å²) in [6, 6.07) is 24.4. The average Bonchev–Trinajstić information content (AvgIpc) is 2.92. The van der Waals surface area contributed by atoms with Crippen molar-refractivity contribution in [3.8, 4) is 11.1 Å². The van der Waals surface area contributed by atoms with E-state index in [1.54, 1.807) is 0 Å². The van der Waals surface area contributed by atoms with Crippen molar-refractivity contribution in [2.24, 2.45) is 0 Å². The molecule has 4 aromatic rings. The molecule has 0 spiro atoms. The van der Waals surface area contributed by atoms with Crippen LogP contribution in [-0.2, 0) is 6.42 Å². The fourth-order valence-corrected chi connectivity index (χ4v) is 3.98. The summed E-state index contributed by atoms with van der Waals surface area (Å²) in [4.78, 5) is 0. The first kappa shape index (κ1) is 12.6. The smallest absolute Gasteiger partial charge is 0.0361 e. The van der Waals surface area contributed by atoms with Gasteiger partial charge in [0.15, 0.2) is 0 Å². The summed E-state index contributed by atoms with van der Waals surface area (Å²) in [6.07, 6.45) is 1.09. The van der Waals surface area contributed by atoms with Crippen molar-refractivity contribution in [3.63, 3.8) is 0 Å². The van der Waals surface area contributed by atoms with Gasteiger partial charge in [-0.25, -0.2) is 0 Å². The van der Waals surface area contributed by atoms with Crippen molar-refractivity contribution in [2.45, 2.75) is 13.3 Å². The van der Waals surface area contributed by atoms with Crippen molar-refractivity contribution in [1.82, 2.24) is 0 Å². The van der Waals surface area contributed by atoms with E-state index in [-0.39, 0.29) is 0 Å². The van der Waals surface area contributed by atoms with E-state index in [4.69, 9.17) is 0 Å². The van der Waals surface area contributed by atoms with Crippen molar-refractivity contribution in [1.29, 1.82) is 0 Å². The summed E-state index contributed by atoms with van der Waals surface area (Å²) >= 11 is 1.88. The molecule has 0 aliphatic heterocycles. The van der Waals surface area contributed by atoms with Gasteiger partial charge in [-0.15, -0.1) is 11.3 Å². The van der Waals surface area contributed by atoms with E-state index >= 15 is 0 Å². The molecule has 1 heterocycles. The molecule has 102 valence electrons. The third-order valence-electron chi connectivity index (χ3n) is 4.07. The van der Waals surface area contributed by atoms with E-state index in [2.05, 4.69) is 73.7 Å².